The third-order valence-electron chi connectivity index (χ3n) is 2.32. The minimum atomic E-state index is 0.519. The van der Waals surface area contributed by atoms with Crippen LogP contribution in [0.2, 0.25) is 0 Å². The van der Waals surface area contributed by atoms with E-state index in [0.29, 0.717) is 4.58 Å². The lowest BCUT2D eigenvalue weighted by molar-refractivity contribution is 0.392. The number of hydrogen-bond acceptors (Lipinski definition) is 4. The molecule has 1 aliphatic heterocycles. The zero-order chi connectivity index (χ0) is 10.7. The van der Waals surface area contributed by atoms with Crippen LogP contribution in [0.4, 0.5) is 0 Å². The molecule has 1 aromatic rings. The molecule has 15 heavy (non-hydrogen) atoms. The van der Waals surface area contributed by atoms with E-state index in [2.05, 4.69) is 6.07 Å². The monoisotopic (exact) mass is 242 g/mol. The van der Waals surface area contributed by atoms with Gasteiger partial charge in [-0.25, -0.2) is 0 Å². The summed E-state index contributed by atoms with van der Waals surface area (Å²) in [5, 5.41) is 0. The predicted molar refractivity (Wildman–Crippen MR) is 67.2 cm³/mol. The topological polar surface area (TPSA) is 18.5 Å². The van der Waals surface area contributed by atoms with E-state index in [0.717, 1.165) is 11.5 Å². The Labute approximate surface area is 98.7 Å². The maximum absolute atomic E-state index is 5.39. The second kappa shape index (κ2) is 5.03. The third-order valence-corrected chi connectivity index (χ3v) is 5.38. The first kappa shape index (κ1) is 11.0. The summed E-state index contributed by atoms with van der Waals surface area (Å²) in [7, 11) is 3.38. The highest BCUT2D eigenvalue weighted by molar-refractivity contribution is 8.19. The summed E-state index contributed by atoms with van der Waals surface area (Å²) in [4.78, 5) is 0. The molecule has 2 rings (SSSR count). The van der Waals surface area contributed by atoms with Crippen LogP contribution in [-0.2, 0) is 0 Å². The van der Waals surface area contributed by atoms with Gasteiger partial charge in [0.1, 0.15) is 11.5 Å². The fourth-order valence-electron chi connectivity index (χ4n) is 1.55. The molecule has 0 bridgehead atoms. The highest BCUT2D eigenvalue weighted by Crippen LogP contribution is 2.48. The summed E-state index contributed by atoms with van der Waals surface area (Å²) in [5.41, 5.74) is 1.27. The molecular weight excluding hydrogens is 228 g/mol. The number of rotatable bonds is 3. The maximum Gasteiger partial charge on any atom is 0.127 e. The van der Waals surface area contributed by atoms with Crippen molar-refractivity contribution in [1.29, 1.82) is 0 Å². The van der Waals surface area contributed by atoms with Crippen molar-refractivity contribution in [2.75, 3.05) is 25.7 Å². The second-order valence-electron chi connectivity index (χ2n) is 3.18. The molecule has 0 spiro atoms. The predicted octanol–water partition coefficient (Wildman–Crippen LogP) is 3.18. The second-order valence-corrected chi connectivity index (χ2v) is 5.91. The fraction of sp³-hybridized carbons (Fsp3) is 0.455. The minimum absolute atomic E-state index is 0.519. The van der Waals surface area contributed by atoms with Crippen LogP contribution in [0.5, 0.6) is 11.5 Å². The van der Waals surface area contributed by atoms with Gasteiger partial charge in [-0.05, 0) is 12.1 Å². The van der Waals surface area contributed by atoms with Crippen molar-refractivity contribution in [2.24, 2.45) is 0 Å². The van der Waals surface area contributed by atoms with E-state index in [1.807, 2.05) is 35.7 Å². The number of thioether (sulfide) groups is 2. The Balaban J connectivity index is 2.29. The Hall–Kier alpha value is -0.480. The molecule has 1 saturated heterocycles. The first-order valence-electron chi connectivity index (χ1n) is 4.80. The van der Waals surface area contributed by atoms with Gasteiger partial charge in [0.25, 0.3) is 0 Å². The lowest BCUT2D eigenvalue weighted by Crippen LogP contribution is -1.94. The number of benzene rings is 1. The minimum Gasteiger partial charge on any atom is -0.497 e. The maximum atomic E-state index is 5.39. The molecule has 0 aromatic heterocycles. The van der Waals surface area contributed by atoms with Crippen LogP contribution >= 0.6 is 23.5 Å². The fourth-order valence-corrected chi connectivity index (χ4v) is 4.46. The van der Waals surface area contributed by atoms with Crippen molar-refractivity contribution in [3.8, 4) is 11.5 Å². The van der Waals surface area contributed by atoms with Crippen molar-refractivity contribution < 1.29 is 9.47 Å². The van der Waals surface area contributed by atoms with Gasteiger partial charge in [-0.15, -0.1) is 23.5 Å². The van der Waals surface area contributed by atoms with Gasteiger partial charge in [0.05, 0.1) is 18.8 Å². The van der Waals surface area contributed by atoms with Crippen molar-refractivity contribution >= 4 is 23.5 Å². The zero-order valence-corrected chi connectivity index (χ0v) is 10.5. The smallest absolute Gasteiger partial charge is 0.127 e. The lowest BCUT2D eigenvalue weighted by atomic mass is 10.2. The Morgan fingerprint density at radius 2 is 1.87 bits per heavy atom. The van der Waals surface area contributed by atoms with Crippen molar-refractivity contribution in [3.05, 3.63) is 23.8 Å². The standard InChI is InChI=1S/C11H14O2S2/c1-12-8-3-4-9(10(7-8)13-2)11-14-5-6-15-11/h3-4,7,11H,5-6H2,1-2H3. The van der Waals surface area contributed by atoms with Crippen LogP contribution in [0.3, 0.4) is 0 Å². The molecule has 0 saturated carbocycles. The first-order valence-corrected chi connectivity index (χ1v) is 6.90. The quantitative estimate of drug-likeness (QED) is 0.810. The summed E-state index contributed by atoms with van der Waals surface area (Å²) in [6, 6.07) is 6.06. The van der Waals surface area contributed by atoms with E-state index in [1.54, 1.807) is 14.2 Å². The van der Waals surface area contributed by atoms with Crippen LogP contribution in [0, 0.1) is 0 Å². The van der Waals surface area contributed by atoms with E-state index in [4.69, 9.17) is 9.47 Å². The summed E-state index contributed by atoms with van der Waals surface area (Å²) >= 11 is 3.96. The van der Waals surface area contributed by atoms with E-state index in [9.17, 15) is 0 Å². The van der Waals surface area contributed by atoms with Gasteiger partial charge in [-0.1, -0.05) is 0 Å². The zero-order valence-electron chi connectivity index (χ0n) is 8.86. The van der Waals surface area contributed by atoms with E-state index >= 15 is 0 Å². The van der Waals surface area contributed by atoms with Gasteiger partial charge < -0.3 is 9.47 Å². The number of hydrogen-bond donors (Lipinski definition) is 0. The van der Waals surface area contributed by atoms with Crippen LogP contribution in [0.15, 0.2) is 18.2 Å². The van der Waals surface area contributed by atoms with Gasteiger partial charge in [0.2, 0.25) is 0 Å². The molecule has 0 amide bonds. The lowest BCUT2D eigenvalue weighted by Gasteiger charge is -2.14. The van der Waals surface area contributed by atoms with E-state index in [-0.39, 0.29) is 0 Å². The molecule has 1 aromatic carbocycles. The molecule has 0 aliphatic carbocycles. The number of ether oxygens (including phenoxy) is 2. The van der Waals surface area contributed by atoms with Crippen molar-refractivity contribution in [2.45, 2.75) is 4.58 Å². The van der Waals surface area contributed by atoms with Gasteiger partial charge in [0.15, 0.2) is 0 Å². The largest absolute Gasteiger partial charge is 0.497 e. The molecule has 0 atom stereocenters. The van der Waals surface area contributed by atoms with Gasteiger partial charge in [-0.3, -0.25) is 0 Å². The van der Waals surface area contributed by atoms with Crippen LogP contribution in [0.25, 0.3) is 0 Å². The summed E-state index contributed by atoms with van der Waals surface area (Å²) in [6.07, 6.45) is 0. The Bertz CT molecular complexity index is 335. The van der Waals surface area contributed by atoms with Crippen LogP contribution in [-0.4, -0.2) is 25.7 Å². The van der Waals surface area contributed by atoms with Crippen LogP contribution < -0.4 is 9.47 Å². The molecule has 0 N–H and O–H groups in total. The van der Waals surface area contributed by atoms with Crippen LogP contribution in [0.1, 0.15) is 10.1 Å². The molecule has 82 valence electrons. The van der Waals surface area contributed by atoms with Gasteiger partial charge in [-0.2, -0.15) is 0 Å². The Morgan fingerprint density at radius 3 is 2.47 bits per heavy atom. The first-order chi connectivity index (χ1) is 7.35. The molecule has 0 unspecified atom stereocenters. The molecule has 0 radical (unpaired) electrons. The highest BCUT2D eigenvalue weighted by atomic mass is 32.2. The third kappa shape index (κ3) is 2.37. The average Bonchev–Trinajstić information content (AvgIpc) is 2.81. The average molecular weight is 242 g/mol. The molecule has 1 aliphatic rings. The molecule has 2 nitrogen and oxygen atoms in total. The van der Waals surface area contributed by atoms with Crippen molar-refractivity contribution in [3.63, 3.8) is 0 Å². The Morgan fingerprint density at radius 1 is 1.13 bits per heavy atom. The summed E-state index contributed by atoms with van der Waals surface area (Å²) < 4.78 is 11.1. The molecule has 1 heterocycles. The van der Waals surface area contributed by atoms with E-state index in [1.165, 1.54) is 17.1 Å². The molecule has 1 fully saturated rings. The van der Waals surface area contributed by atoms with Gasteiger partial charge >= 0.3 is 0 Å². The summed E-state index contributed by atoms with van der Waals surface area (Å²) in [6.45, 7) is 0. The highest BCUT2D eigenvalue weighted by Gasteiger charge is 2.21. The molecular formula is C11H14O2S2. The summed E-state index contributed by atoms with van der Waals surface area (Å²) in [5.74, 6) is 4.24. The number of methoxy groups -OCH3 is 2. The van der Waals surface area contributed by atoms with Gasteiger partial charge in [0, 0.05) is 23.1 Å². The molecule has 4 heteroatoms. The van der Waals surface area contributed by atoms with E-state index < -0.39 is 0 Å². The van der Waals surface area contributed by atoms with Crippen molar-refractivity contribution in [1.82, 2.24) is 0 Å². The Kier molecular flexibility index (Phi) is 3.70. The SMILES string of the molecule is COc1ccc(C2SCCS2)c(OC)c1. The normalized spacial score (nSPS) is 16.7.